The maximum absolute atomic E-state index is 14.0. The van der Waals surface area contributed by atoms with Crippen LogP contribution in [-0.4, -0.2) is 35.3 Å². The Morgan fingerprint density at radius 1 is 1.08 bits per heavy atom. The van der Waals surface area contributed by atoms with Crippen LogP contribution in [0.2, 0.25) is 0 Å². The first kappa shape index (κ1) is 20.5. The molecule has 0 heterocycles. The molecule has 0 amide bonds. The van der Waals surface area contributed by atoms with Gasteiger partial charge in [0.15, 0.2) is 5.76 Å². The molecule has 1 saturated carbocycles. The molecule has 3 nitrogen and oxygen atoms in total. The van der Waals surface area contributed by atoms with Gasteiger partial charge in [0.2, 0.25) is 0 Å². The maximum atomic E-state index is 14.0. The average Bonchev–Trinajstić information content (AvgIpc) is 2.46. The lowest BCUT2D eigenvalue weighted by molar-refractivity contribution is -0.351. The van der Waals surface area contributed by atoms with Gasteiger partial charge >= 0.3 is 18.0 Å². The SMILES string of the molecule is CCO/C(=C(\C#N)C1(O)CCCCC1)C(F)(F)C(F)(F)C(F)(F)F. The second kappa shape index (κ2) is 6.78. The van der Waals surface area contributed by atoms with Crippen molar-refractivity contribution in [3.63, 3.8) is 0 Å². The van der Waals surface area contributed by atoms with Crippen molar-refractivity contribution in [3.05, 3.63) is 11.3 Å². The van der Waals surface area contributed by atoms with Gasteiger partial charge in [0.05, 0.1) is 6.61 Å². The Balaban J connectivity index is 3.56. The van der Waals surface area contributed by atoms with Crippen LogP contribution in [0.5, 0.6) is 0 Å². The van der Waals surface area contributed by atoms with Gasteiger partial charge in [-0.05, 0) is 19.8 Å². The Bertz CT molecular complexity index is 528. The van der Waals surface area contributed by atoms with Crippen LogP contribution in [-0.2, 0) is 4.74 Å². The summed E-state index contributed by atoms with van der Waals surface area (Å²) < 4.78 is 96.0. The topological polar surface area (TPSA) is 53.2 Å². The van der Waals surface area contributed by atoms with E-state index in [2.05, 4.69) is 4.74 Å². The lowest BCUT2D eigenvalue weighted by Crippen LogP contribution is -2.54. The zero-order chi connectivity index (χ0) is 18.8. The molecule has 24 heavy (non-hydrogen) atoms. The van der Waals surface area contributed by atoms with Gasteiger partial charge in [-0.1, -0.05) is 19.3 Å². The predicted molar refractivity (Wildman–Crippen MR) is 68.2 cm³/mol. The van der Waals surface area contributed by atoms with Crippen LogP contribution in [0.3, 0.4) is 0 Å². The van der Waals surface area contributed by atoms with Crippen LogP contribution in [0.15, 0.2) is 11.3 Å². The summed E-state index contributed by atoms with van der Waals surface area (Å²) in [5.74, 6) is -14.4. The molecular weight excluding hydrogens is 347 g/mol. The Morgan fingerprint density at radius 3 is 1.96 bits per heavy atom. The molecule has 138 valence electrons. The minimum absolute atomic E-state index is 0.208. The van der Waals surface area contributed by atoms with Crippen LogP contribution in [0, 0.1) is 11.3 Å². The zero-order valence-electron chi connectivity index (χ0n) is 12.7. The number of alkyl halides is 7. The first-order valence-corrected chi connectivity index (χ1v) is 7.18. The van der Waals surface area contributed by atoms with Gasteiger partial charge in [0.1, 0.15) is 17.2 Å². The summed E-state index contributed by atoms with van der Waals surface area (Å²) in [7, 11) is 0. The van der Waals surface area contributed by atoms with E-state index >= 15 is 0 Å². The molecule has 0 aromatic rings. The summed E-state index contributed by atoms with van der Waals surface area (Å²) in [6.07, 6.45) is -5.75. The van der Waals surface area contributed by atoms with Crippen molar-refractivity contribution in [2.45, 2.75) is 62.7 Å². The molecule has 0 saturated heterocycles. The van der Waals surface area contributed by atoms with Gasteiger partial charge in [-0.2, -0.15) is 36.0 Å². The number of halogens is 7. The molecule has 0 unspecified atom stereocenters. The van der Waals surface area contributed by atoms with E-state index in [0.29, 0.717) is 19.3 Å². The van der Waals surface area contributed by atoms with Crippen molar-refractivity contribution in [2.75, 3.05) is 6.61 Å². The van der Waals surface area contributed by atoms with Crippen molar-refractivity contribution in [1.29, 1.82) is 5.26 Å². The fourth-order valence-corrected chi connectivity index (χ4v) is 2.54. The summed E-state index contributed by atoms with van der Waals surface area (Å²) in [5.41, 5.74) is -3.50. The number of rotatable bonds is 5. The third-order valence-corrected chi connectivity index (χ3v) is 3.81. The number of allylic oxidation sites excluding steroid dienone is 1. The fraction of sp³-hybridized carbons (Fsp3) is 0.786. The minimum atomic E-state index is -6.56. The Kier molecular flexibility index (Phi) is 5.81. The lowest BCUT2D eigenvalue weighted by atomic mass is 9.78. The molecule has 0 aromatic heterocycles. The molecule has 1 N–H and O–H groups in total. The van der Waals surface area contributed by atoms with Crippen molar-refractivity contribution >= 4 is 0 Å². The molecule has 10 heteroatoms. The normalized spacial score (nSPS) is 20.2. The monoisotopic (exact) mass is 363 g/mol. The minimum Gasteiger partial charge on any atom is -0.491 e. The van der Waals surface area contributed by atoms with Gasteiger partial charge in [-0.15, -0.1) is 0 Å². The molecule has 1 rings (SSSR count). The summed E-state index contributed by atoms with van der Waals surface area (Å²) in [4.78, 5) is 0. The van der Waals surface area contributed by atoms with Crippen molar-refractivity contribution < 1.29 is 40.6 Å². The fourth-order valence-electron chi connectivity index (χ4n) is 2.54. The van der Waals surface area contributed by atoms with E-state index in [-0.39, 0.29) is 12.8 Å². The van der Waals surface area contributed by atoms with Gasteiger partial charge in [-0.25, -0.2) is 0 Å². The maximum Gasteiger partial charge on any atom is 0.460 e. The van der Waals surface area contributed by atoms with Gasteiger partial charge in [-0.3, -0.25) is 0 Å². The third-order valence-electron chi connectivity index (χ3n) is 3.81. The molecule has 1 fully saturated rings. The number of nitrogens with zero attached hydrogens (tertiary/aromatic N) is 1. The van der Waals surface area contributed by atoms with Crippen molar-refractivity contribution in [2.24, 2.45) is 0 Å². The number of aliphatic hydroxyl groups is 1. The Morgan fingerprint density at radius 2 is 1.58 bits per heavy atom. The first-order valence-electron chi connectivity index (χ1n) is 7.18. The summed E-state index contributed by atoms with van der Waals surface area (Å²) >= 11 is 0. The van der Waals surface area contributed by atoms with Crippen LogP contribution in [0.1, 0.15) is 39.0 Å². The third kappa shape index (κ3) is 3.45. The molecule has 0 spiro atoms. The standard InChI is InChI=1S/C14H16F7NO2/c1-2-24-10(12(15,16)13(17,18)14(19,20)21)9(8-22)11(23)6-4-3-5-7-11/h23H,2-7H2,1H3/b10-9+. The molecule has 0 aliphatic heterocycles. The van der Waals surface area contributed by atoms with E-state index in [9.17, 15) is 35.8 Å². The molecule has 0 atom stereocenters. The van der Waals surface area contributed by atoms with Crippen molar-refractivity contribution in [1.82, 2.24) is 0 Å². The number of nitriles is 1. The van der Waals surface area contributed by atoms with Crippen molar-refractivity contribution in [3.8, 4) is 6.07 Å². The molecule has 0 aromatic carbocycles. The van der Waals surface area contributed by atoms with E-state index in [1.807, 2.05) is 0 Å². The number of ether oxygens (including phenoxy) is 1. The van der Waals surface area contributed by atoms with Crippen LogP contribution in [0.4, 0.5) is 30.7 Å². The van der Waals surface area contributed by atoms with Gasteiger partial charge in [0.25, 0.3) is 0 Å². The van der Waals surface area contributed by atoms with E-state index in [4.69, 9.17) is 5.26 Å². The number of hydrogen-bond donors (Lipinski definition) is 1. The smallest absolute Gasteiger partial charge is 0.460 e. The highest BCUT2D eigenvalue weighted by Gasteiger charge is 2.76. The van der Waals surface area contributed by atoms with Gasteiger partial charge < -0.3 is 9.84 Å². The molecule has 0 radical (unpaired) electrons. The highest BCUT2D eigenvalue weighted by molar-refractivity contribution is 5.38. The molecule has 1 aliphatic rings. The summed E-state index contributed by atoms with van der Waals surface area (Å²) in [6.45, 7) is 0.405. The van der Waals surface area contributed by atoms with E-state index < -0.39 is 41.6 Å². The van der Waals surface area contributed by atoms with Crippen LogP contribution in [0.25, 0.3) is 0 Å². The van der Waals surface area contributed by atoms with E-state index in [1.165, 1.54) is 0 Å². The predicted octanol–water partition coefficient (Wildman–Crippen LogP) is 4.33. The van der Waals surface area contributed by atoms with Crippen LogP contribution >= 0.6 is 0 Å². The second-order valence-electron chi connectivity index (χ2n) is 5.49. The summed E-state index contributed by atoms with van der Waals surface area (Å²) in [5, 5.41) is 19.4. The Labute approximate surface area is 133 Å². The van der Waals surface area contributed by atoms with Gasteiger partial charge in [0, 0.05) is 0 Å². The number of hydrogen-bond acceptors (Lipinski definition) is 3. The summed E-state index contributed by atoms with van der Waals surface area (Å²) in [6, 6.07) is 1.15. The quantitative estimate of drug-likeness (QED) is 0.449. The highest BCUT2D eigenvalue weighted by Crippen LogP contribution is 2.52. The second-order valence-corrected chi connectivity index (χ2v) is 5.49. The van der Waals surface area contributed by atoms with E-state index in [0.717, 1.165) is 13.0 Å². The molecular formula is C14H16F7NO2. The molecule has 1 aliphatic carbocycles. The molecule has 0 bridgehead atoms. The largest absolute Gasteiger partial charge is 0.491 e. The lowest BCUT2D eigenvalue weighted by Gasteiger charge is -2.35. The average molecular weight is 363 g/mol. The van der Waals surface area contributed by atoms with Crippen LogP contribution < -0.4 is 0 Å². The Hall–Kier alpha value is -1.50. The zero-order valence-corrected chi connectivity index (χ0v) is 12.7. The van der Waals surface area contributed by atoms with E-state index in [1.54, 1.807) is 0 Å². The highest BCUT2D eigenvalue weighted by atomic mass is 19.4. The first-order chi connectivity index (χ1) is 10.8.